The molecule has 1 aromatic carbocycles. The fourth-order valence-electron chi connectivity index (χ4n) is 1.77. The maximum Gasteiger partial charge on any atom is 0.160 e. The first kappa shape index (κ1) is 13.6. The highest BCUT2D eigenvalue weighted by Gasteiger charge is 2.27. The maximum atomic E-state index is 10.8. The van der Waals surface area contributed by atoms with Crippen LogP contribution in [0, 0.1) is 11.8 Å². The van der Waals surface area contributed by atoms with Crippen molar-refractivity contribution in [2.45, 2.75) is 18.4 Å². The molecule has 96 valence electrons. The van der Waals surface area contributed by atoms with Gasteiger partial charge >= 0.3 is 0 Å². The van der Waals surface area contributed by atoms with Gasteiger partial charge in [-0.2, -0.15) is 0 Å². The molecular weight excluding hydrogens is 252 g/mol. The molecule has 0 aliphatic heterocycles. The fraction of sp³-hybridized carbons (Fsp3) is 0.176. The molecule has 19 heavy (non-hydrogen) atoms. The number of rotatable bonds is 4. The third-order valence-corrected chi connectivity index (χ3v) is 3.85. The zero-order chi connectivity index (χ0) is 13.6. The standard InChI is InChI=1S/C17H16OS/c1-2-3-12-17(18,16-10-7-14-19-16)13-11-15-8-5-4-6-9-15/h2,4-10,14,18H,1,3,12H2. The molecule has 1 atom stereocenters. The summed E-state index contributed by atoms with van der Waals surface area (Å²) in [6, 6.07) is 13.6. The van der Waals surface area contributed by atoms with Crippen molar-refractivity contribution in [3.8, 4) is 11.8 Å². The maximum absolute atomic E-state index is 10.8. The molecule has 1 heterocycles. The van der Waals surface area contributed by atoms with Crippen LogP contribution in [-0.2, 0) is 5.60 Å². The van der Waals surface area contributed by atoms with E-state index < -0.39 is 5.60 Å². The topological polar surface area (TPSA) is 20.2 Å². The van der Waals surface area contributed by atoms with Gasteiger partial charge in [0.1, 0.15) is 0 Å². The van der Waals surface area contributed by atoms with Crippen molar-refractivity contribution in [1.29, 1.82) is 0 Å². The van der Waals surface area contributed by atoms with Crippen LogP contribution >= 0.6 is 11.3 Å². The first-order valence-corrected chi connectivity index (χ1v) is 7.08. The fourth-order valence-corrected chi connectivity index (χ4v) is 2.58. The second-order valence-electron chi connectivity index (χ2n) is 4.28. The quantitative estimate of drug-likeness (QED) is 0.657. The van der Waals surface area contributed by atoms with Crippen molar-refractivity contribution >= 4 is 11.3 Å². The van der Waals surface area contributed by atoms with Crippen LogP contribution < -0.4 is 0 Å². The number of aliphatic hydroxyl groups is 1. The molecular formula is C17H16OS. The summed E-state index contributed by atoms with van der Waals surface area (Å²) in [7, 11) is 0. The third-order valence-electron chi connectivity index (χ3n) is 2.83. The highest BCUT2D eigenvalue weighted by atomic mass is 32.1. The van der Waals surface area contributed by atoms with Gasteiger partial charge in [0.25, 0.3) is 0 Å². The monoisotopic (exact) mass is 268 g/mol. The van der Waals surface area contributed by atoms with Crippen LogP contribution in [0.3, 0.4) is 0 Å². The largest absolute Gasteiger partial charge is 0.372 e. The van der Waals surface area contributed by atoms with Crippen LogP contribution in [0.1, 0.15) is 23.3 Å². The molecule has 2 rings (SSSR count). The van der Waals surface area contributed by atoms with Crippen molar-refractivity contribution in [3.05, 3.63) is 70.9 Å². The number of allylic oxidation sites excluding steroid dienone is 1. The average Bonchev–Trinajstić information content (AvgIpc) is 2.99. The van der Waals surface area contributed by atoms with E-state index in [1.54, 1.807) is 0 Å². The molecule has 1 aromatic heterocycles. The van der Waals surface area contributed by atoms with Gasteiger partial charge in [-0.05, 0) is 36.4 Å². The summed E-state index contributed by atoms with van der Waals surface area (Å²) in [6.45, 7) is 3.71. The Morgan fingerprint density at radius 3 is 2.63 bits per heavy atom. The van der Waals surface area contributed by atoms with Crippen molar-refractivity contribution in [2.24, 2.45) is 0 Å². The van der Waals surface area contributed by atoms with Crippen molar-refractivity contribution < 1.29 is 5.11 Å². The second kappa shape index (κ2) is 6.38. The molecule has 0 radical (unpaired) electrons. The molecule has 0 bridgehead atoms. The zero-order valence-corrected chi connectivity index (χ0v) is 11.5. The normalized spacial score (nSPS) is 13.1. The van der Waals surface area contributed by atoms with Crippen molar-refractivity contribution in [1.82, 2.24) is 0 Å². The SMILES string of the molecule is C=CCCC(O)(C#Cc1ccccc1)c1cccs1. The molecule has 0 amide bonds. The van der Waals surface area contributed by atoms with Gasteiger partial charge in [-0.15, -0.1) is 17.9 Å². The summed E-state index contributed by atoms with van der Waals surface area (Å²) in [5, 5.41) is 12.7. The van der Waals surface area contributed by atoms with Crippen LogP contribution in [0.15, 0.2) is 60.5 Å². The summed E-state index contributed by atoms with van der Waals surface area (Å²) in [6.07, 6.45) is 3.11. The van der Waals surface area contributed by atoms with Crippen LogP contribution in [0.25, 0.3) is 0 Å². The molecule has 0 fully saturated rings. The van der Waals surface area contributed by atoms with E-state index in [1.165, 1.54) is 11.3 Å². The zero-order valence-electron chi connectivity index (χ0n) is 10.7. The van der Waals surface area contributed by atoms with E-state index in [1.807, 2.05) is 53.9 Å². The summed E-state index contributed by atoms with van der Waals surface area (Å²) in [4.78, 5) is 0.887. The van der Waals surface area contributed by atoms with Crippen molar-refractivity contribution in [2.75, 3.05) is 0 Å². The Morgan fingerprint density at radius 1 is 1.21 bits per heavy atom. The third kappa shape index (κ3) is 3.57. The Hall–Kier alpha value is -1.82. The lowest BCUT2D eigenvalue weighted by molar-refractivity contribution is 0.0953. The number of hydrogen-bond donors (Lipinski definition) is 1. The van der Waals surface area contributed by atoms with E-state index in [4.69, 9.17) is 0 Å². The van der Waals surface area contributed by atoms with Crippen LogP contribution in [0.2, 0.25) is 0 Å². The molecule has 0 saturated carbocycles. The molecule has 2 aromatic rings. The Morgan fingerprint density at radius 2 is 2.00 bits per heavy atom. The lowest BCUT2D eigenvalue weighted by Crippen LogP contribution is -2.21. The molecule has 0 aliphatic rings. The van der Waals surface area contributed by atoms with E-state index in [0.29, 0.717) is 6.42 Å². The minimum Gasteiger partial charge on any atom is -0.372 e. The van der Waals surface area contributed by atoms with Gasteiger partial charge in [0.2, 0.25) is 0 Å². The summed E-state index contributed by atoms with van der Waals surface area (Å²) >= 11 is 1.53. The van der Waals surface area contributed by atoms with Gasteiger partial charge in [-0.25, -0.2) is 0 Å². The van der Waals surface area contributed by atoms with E-state index >= 15 is 0 Å². The Bertz CT molecular complexity index is 575. The van der Waals surface area contributed by atoms with Gasteiger partial charge in [-0.3, -0.25) is 0 Å². The van der Waals surface area contributed by atoms with Crippen LogP contribution in [0.5, 0.6) is 0 Å². The molecule has 0 saturated heterocycles. The van der Waals surface area contributed by atoms with Crippen molar-refractivity contribution in [3.63, 3.8) is 0 Å². The Kier molecular flexibility index (Phi) is 4.57. The first-order chi connectivity index (χ1) is 9.24. The van der Waals surface area contributed by atoms with E-state index in [9.17, 15) is 5.11 Å². The smallest absolute Gasteiger partial charge is 0.160 e. The number of benzene rings is 1. The lowest BCUT2D eigenvalue weighted by Gasteiger charge is -2.20. The van der Waals surface area contributed by atoms with Gasteiger partial charge in [-0.1, -0.05) is 42.2 Å². The lowest BCUT2D eigenvalue weighted by atomic mass is 9.96. The molecule has 0 aliphatic carbocycles. The highest BCUT2D eigenvalue weighted by Crippen LogP contribution is 2.29. The molecule has 2 heteroatoms. The Labute approximate surface area is 118 Å². The second-order valence-corrected chi connectivity index (χ2v) is 5.23. The van der Waals surface area contributed by atoms with E-state index in [-0.39, 0.29) is 0 Å². The Balaban J connectivity index is 2.29. The predicted molar refractivity (Wildman–Crippen MR) is 81.0 cm³/mol. The van der Waals surface area contributed by atoms with E-state index in [0.717, 1.165) is 16.9 Å². The molecule has 0 spiro atoms. The van der Waals surface area contributed by atoms with Gasteiger partial charge in [0.15, 0.2) is 5.60 Å². The van der Waals surface area contributed by atoms with Gasteiger partial charge in [0.05, 0.1) is 0 Å². The van der Waals surface area contributed by atoms with E-state index in [2.05, 4.69) is 18.4 Å². The molecule has 1 nitrogen and oxygen atoms in total. The first-order valence-electron chi connectivity index (χ1n) is 6.20. The minimum atomic E-state index is -1.09. The number of thiophene rings is 1. The summed E-state index contributed by atoms with van der Waals surface area (Å²) < 4.78 is 0. The van der Waals surface area contributed by atoms with Crippen LogP contribution in [-0.4, -0.2) is 5.11 Å². The van der Waals surface area contributed by atoms with Gasteiger partial charge in [0, 0.05) is 10.4 Å². The molecule has 1 N–H and O–H groups in total. The summed E-state index contributed by atoms with van der Waals surface area (Å²) in [5.41, 5.74) is -0.172. The summed E-state index contributed by atoms with van der Waals surface area (Å²) in [5.74, 6) is 6.07. The highest BCUT2D eigenvalue weighted by molar-refractivity contribution is 7.10. The van der Waals surface area contributed by atoms with Crippen LogP contribution in [0.4, 0.5) is 0 Å². The van der Waals surface area contributed by atoms with Gasteiger partial charge < -0.3 is 5.11 Å². The molecule has 1 unspecified atom stereocenters. The number of hydrogen-bond acceptors (Lipinski definition) is 2. The average molecular weight is 268 g/mol. The minimum absolute atomic E-state index is 0.566. The predicted octanol–water partition coefficient (Wildman–Crippen LogP) is 3.95.